The van der Waals surface area contributed by atoms with Gasteiger partial charge in [0.2, 0.25) is 5.91 Å². The summed E-state index contributed by atoms with van der Waals surface area (Å²) < 4.78 is 13.3. The number of aromatic nitrogens is 1. The van der Waals surface area contributed by atoms with Gasteiger partial charge >= 0.3 is 0 Å². The number of amides is 1. The molecule has 0 saturated heterocycles. The molecule has 4 nitrogen and oxygen atoms in total. The van der Waals surface area contributed by atoms with Crippen molar-refractivity contribution in [2.24, 2.45) is 0 Å². The zero-order valence-corrected chi connectivity index (χ0v) is 14.0. The van der Waals surface area contributed by atoms with Gasteiger partial charge in [-0.05, 0) is 25.0 Å². The lowest BCUT2D eigenvalue weighted by Gasteiger charge is -2.31. The third kappa shape index (κ3) is 3.80. The highest BCUT2D eigenvalue weighted by atomic mass is 32.1. The first kappa shape index (κ1) is 16.6. The number of carbonyl (C=O) groups excluding carboxylic acids is 1. The molecule has 3 rings (SSSR count). The Labute approximate surface area is 144 Å². The fraction of sp³-hybridized carbons (Fsp3) is 0.389. The number of halogens is 1. The van der Waals surface area contributed by atoms with E-state index in [1.54, 1.807) is 17.5 Å². The molecule has 1 aromatic carbocycles. The van der Waals surface area contributed by atoms with Crippen LogP contribution in [0.3, 0.4) is 0 Å². The minimum Gasteiger partial charge on any atom is -0.337 e. The van der Waals surface area contributed by atoms with Gasteiger partial charge in [0.1, 0.15) is 16.4 Å². The van der Waals surface area contributed by atoms with E-state index in [-0.39, 0.29) is 18.1 Å². The third-order valence-corrected chi connectivity index (χ3v) is 5.20. The van der Waals surface area contributed by atoms with Crippen LogP contribution in [0.4, 0.5) is 4.39 Å². The van der Waals surface area contributed by atoms with Gasteiger partial charge in [0, 0.05) is 10.9 Å². The van der Waals surface area contributed by atoms with Crippen molar-refractivity contribution >= 4 is 17.2 Å². The normalized spacial score (nSPS) is 16.3. The average Bonchev–Trinajstić information content (AvgIpc) is 3.04. The number of rotatable bonds is 4. The molecule has 0 unspecified atom stereocenters. The van der Waals surface area contributed by atoms with Crippen LogP contribution in [0.2, 0.25) is 0 Å². The van der Waals surface area contributed by atoms with Crippen molar-refractivity contribution in [2.75, 3.05) is 0 Å². The molecule has 1 amide bonds. The lowest BCUT2D eigenvalue weighted by atomic mass is 9.83. The zero-order chi connectivity index (χ0) is 17.0. The highest BCUT2D eigenvalue weighted by Crippen LogP contribution is 2.28. The van der Waals surface area contributed by atoms with Crippen molar-refractivity contribution in [3.63, 3.8) is 0 Å². The van der Waals surface area contributed by atoms with Gasteiger partial charge in [-0.15, -0.1) is 11.3 Å². The van der Waals surface area contributed by atoms with Crippen LogP contribution in [0.15, 0.2) is 29.6 Å². The highest BCUT2D eigenvalue weighted by Gasteiger charge is 2.33. The largest absolute Gasteiger partial charge is 0.337 e. The number of nitriles is 1. The van der Waals surface area contributed by atoms with E-state index < -0.39 is 5.54 Å². The Kier molecular flexibility index (Phi) is 4.91. The first-order chi connectivity index (χ1) is 11.6. The van der Waals surface area contributed by atoms with Crippen LogP contribution in [0.25, 0.3) is 10.6 Å². The molecule has 0 radical (unpaired) electrons. The molecule has 6 heteroatoms. The van der Waals surface area contributed by atoms with Gasteiger partial charge in [0.25, 0.3) is 0 Å². The second-order valence-corrected chi connectivity index (χ2v) is 6.99. The van der Waals surface area contributed by atoms with E-state index in [4.69, 9.17) is 0 Å². The molecule has 0 atom stereocenters. The van der Waals surface area contributed by atoms with E-state index >= 15 is 0 Å². The van der Waals surface area contributed by atoms with Gasteiger partial charge in [-0.25, -0.2) is 9.37 Å². The molecule has 1 heterocycles. The maximum atomic E-state index is 13.3. The standard InChI is InChI=1S/C18H18FN3OS/c19-14-6-4-5-13(9-14)17-21-15(11-24-17)10-16(23)22-18(12-20)7-2-1-3-8-18/h4-6,9,11H,1-3,7-8,10H2,(H,22,23). The van der Waals surface area contributed by atoms with Crippen LogP contribution >= 0.6 is 11.3 Å². The summed E-state index contributed by atoms with van der Waals surface area (Å²) in [7, 11) is 0. The molecule has 0 aliphatic heterocycles. The SMILES string of the molecule is N#CC1(NC(=O)Cc2csc(-c3cccc(F)c3)n2)CCCCC1. The molecule has 1 aliphatic carbocycles. The topological polar surface area (TPSA) is 65.8 Å². The summed E-state index contributed by atoms with van der Waals surface area (Å²) in [6, 6.07) is 8.52. The van der Waals surface area contributed by atoms with Crippen molar-refractivity contribution in [3.8, 4) is 16.6 Å². The number of hydrogen-bond acceptors (Lipinski definition) is 4. The van der Waals surface area contributed by atoms with Crippen LogP contribution < -0.4 is 5.32 Å². The van der Waals surface area contributed by atoms with Crippen molar-refractivity contribution in [1.82, 2.24) is 10.3 Å². The minimum atomic E-state index is -0.725. The van der Waals surface area contributed by atoms with Gasteiger partial charge in [-0.2, -0.15) is 5.26 Å². The second kappa shape index (κ2) is 7.10. The highest BCUT2D eigenvalue weighted by molar-refractivity contribution is 7.13. The van der Waals surface area contributed by atoms with Gasteiger partial charge in [-0.1, -0.05) is 31.4 Å². The van der Waals surface area contributed by atoms with Crippen LogP contribution in [-0.4, -0.2) is 16.4 Å². The molecule has 1 saturated carbocycles. The smallest absolute Gasteiger partial charge is 0.227 e. The Bertz CT molecular complexity index is 775. The third-order valence-electron chi connectivity index (χ3n) is 4.26. The number of thiazole rings is 1. The monoisotopic (exact) mass is 343 g/mol. The van der Waals surface area contributed by atoms with E-state index in [2.05, 4.69) is 16.4 Å². The van der Waals surface area contributed by atoms with Gasteiger partial charge in [0.15, 0.2) is 0 Å². The Morgan fingerprint density at radius 3 is 2.88 bits per heavy atom. The summed E-state index contributed by atoms with van der Waals surface area (Å²) in [5, 5.41) is 14.8. The molecule has 1 aromatic heterocycles. The summed E-state index contributed by atoms with van der Waals surface area (Å²) in [6.45, 7) is 0. The molecular weight excluding hydrogens is 325 g/mol. The minimum absolute atomic E-state index is 0.134. The Morgan fingerprint density at radius 2 is 2.17 bits per heavy atom. The van der Waals surface area contributed by atoms with E-state index in [0.717, 1.165) is 19.3 Å². The van der Waals surface area contributed by atoms with Crippen molar-refractivity contribution < 1.29 is 9.18 Å². The number of carbonyl (C=O) groups is 1. The summed E-state index contributed by atoms with van der Waals surface area (Å²) >= 11 is 1.38. The Hall–Kier alpha value is -2.26. The van der Waals surface area contributed by atoms with E-state index in [0.29, 0.717) is 29.1 Å². The summed E-state index contributed by atoms with van der Waals surface area (Å²) in [5.74, 6) is -0.496. The zero-order valence-electron chi connectivity index (χ0n) is 13.2. The second-order valence-electron chi connectivity index (χ2n) is 6.13. The van der Waals surface area contributed by atoms with Crippen LogP contribution in [0.1, 0.15) is 37.8 Å². The lowest BCUT2D eigenvalue weighted by Crippen LogP contribution is -2.49. The molecule has 1 fully saturated rings. The molecule has 24 heavy (non-hydrogen) atoms. The van der Waals surface area contributed by atoms with Gasteiger partial charge < -0.3 is 5.32 Å². The van der Waals surface area contributed by atoms with Crippen molar-refractivity contribution in [1.29, 1.82) is 5.26 Å². The summed E-state index contributed by atoms with van der Waals surface area (Å²) in [5.41, 5.74) is 0.615. The fourth-order valence-corrected chi connectivity index (χ4v) is 3.85. The van der Waals surface area contributed by atoms with Gasteiger partial charge in [0.05, 0.1) is 18.2 Å². The predicted molar refractivity (Wildman–Crippen MR) is 90.8 cm³/mol. The quantitative estimate of drug-likeness (QED) is 0.917. The molecule has 2 aromatic rings. The Morgan fingerprint density at radius 1 is 1.38 bits per heavy atom. The number of benzene rings is 1. The number of hydrogen-bond donors (Lipinski definition) is 1. The number of nitrogens with one attached hydrogen (secondary N) is 1. The van der Waals surface area contributed by atoms with Crippen LogP contribution in [-0.2, 0) is 11.2 Å². The van der Waals surface area contributed by atoms with Gasteiger partial charge in [-0.3, -0.25) is 4.79 Å². The van der Waals surface area contributed by atoms with E-state index in [1.165, 1.54) is 23.5 Å². The van der Waals surface area contributed by atoms with Crippen molar-refractivity contribution in [2.45, 2.75) is 44.1 Å². The lowest BCUT2D eigenvalue weighted by molar-refractivity contribution is -0.122. The molecule has 124 valence electrons. The summed E-state index contributed by atoms with van der Waals surface area (Å²) in [4.78, 5) is 16.7. The first-order valence-corrected chi connectivity index (χ1v) is 8.91. The molecule has 0 spiro atoms. The summed E-state index contributed by atoms with van der Waals surface area (Å²) in [6.07, 6.45) is 4.60. The molecule has 1 N–H and O–H groups in total. The first-order valence-electron chi connectivity index (χ1n) is 8.03. The fourth-order valence-electron chi connectivity index (χ4n) is 3.04. The van der Waals surface area contributed by atoms with Crippen molar-refractivity contribution in [3.05, 3.63) is 41.2 Å². The maximum absolute atomic E-state index is 13.3. The van der Waals surface area contributed by atoms with E-state index in [1.807, 2.05) is 0 Å². The molecule has 1 aliphatic rings. The molecule has 0 bridgehead atoms. The average molecular weight is 343 g/mol. The number of nitrogens with zero attached hydrogens (tertiary/aromatic N) is 2. The maximum Gasteiger partial charge on any atom is 0.227 e. The predicted octanol–water partition coefficient (Wildman–Crippen LogP) is 3.83. The molecular formula is C18H18FN3OS. The van der Waals surface area contributed by atoms with E-state index in [9.17, 15) is 14.4 Å². The Balaban J connectivity index is 1.66. The van der Waals surface area contributed by atoms with Crippen LogP contribution in [0.5, 0.6) is 0 Å². The van der Waals surface area contributed by atoms with Crippen LogP contribution in [0, 0.1) is 17.1 Å².